The molecule has 0 atom stereocenters. The van der Waals surface area contributed by atoms with Gasteiger partial charge in [0.15, 0.2) is 11.2 Å². The monoisotopic (exact) mass is 494 g/mol. The van der Waals surface area contributed by atoms with Crippen molar-refractivity contribution in [3.8, 4) is 0 Å². The van der Waals surface area contributed by atoms with E-state index in [1.54, 1.807) is 22.8 Å². The van der Waals surface area contributed by atoms with Crippen molar-refractivity contribution < 1.29 is 4.79 Å². The first-order chi connectivity index (χ1) is 15.8. The summed E-state index contributed by atoms with van der Waals surface area (Å²) in [6, 6.07) is 5.01. The van der Waals surface area contributed by atoms with Gasteiger partial charge < -0.3 is 9.88 Å². The van der Waals surface area contributed by atoms with E-state index in [2.05, 4.69) is 15.3 Å². The predicted octanol–water partition coefficient (Wildman–Crippen LogP) is 3.47. The maximum Gasteiger partial charge on any atom is 0.330 e. The third kappa shape index (κ3) is 5.48. The number of fused-ring (bicyclic) bond motifs is 1. The van der Waals surface area contributed by atoms with Crippen molar-refractivity contribution in [2.24, 2.45) is 0 Å². The predicted molar refractivity (Wildman–Crippen MR) is 131 cm³/mol. The Balaban J connectivity index is 1.89. The van der Waals surface area contributed by atoms with Crippen LogP contribution in [0.15, 0.2) is 27.8 Å². The first-order valence-corrected chi connectivity index (χ1v) is 11.7. The molecule has 33 heavy (non-hydrogen) atoms. The van der Waals surface area contributed by atoms with Crippen LogP contribution in [0.4, 0.5) is 5.69 Å². The van der Waals surface area contributed by atoms with Gasteiger partial charge >= 0.3 is 5.69 Å². The average Bonchev–Trinajstić information content (AvgIpc) is 3.14. The molecule has 178 valence electrons. The minimum Gasteiger partial charge on any atom is -0.322 e. The Morgan fingerprint density at radius 1 is 1.15 bits per heavy atom. The van der Waals surface area contributed by atoms with Gasteiger partial charge in [-0.05, 0) is 32.0 Å². The number of unbranched alkanes of at least 4 members (excludes halogenated alkanes) is 1. The van der Waals surface area contributed by atoms with Crippen LogP contribution in [0.1, 0.15) is 39.4 Å². The molecule has 3 rings (SSSR count). The second-order valence-electron chi connectivity index (χ2n) is 7.66. The number of benzene rings is 1. The Morgan fingerprint density at radius 3 is 2.45 bits per heavy atom. The third-order valence-corrected chi connectivity index (χ3v) is 6.05. The number of nitrogens with zero attached hydrogens (tertiary/aromatic N) is 4. The maximum absolute atomic E-state index is 12.7. The van der Waals surface area contributed by atoms with Crippen molar-refractivity contribution in [2.45, 2.75) is 53.2 Å². The van der Waals surface area contributed by atoms with E-state index in [4.69, 9.17) is 23.2 Å². The number of H-pyrrole nitrogens is 1. The number of aromatic nitrogens is 4. The minimum atomic E-state index is -0.461. The van der Waals surface area contributed by atoms with Crippen LogP contribution in [0.2, 0.25) is 10.0 Å². The summed E-state index contributed by atoms with van der Waals surface area (Å²) < 4.78 is 3.31. The van der Waals surface area contributed by atoms with Crippen molar-refractivity contribution in [3.05, 3.63) is 54.9 Å². The van der Waals surface area contributed by atoms with Gasteiger partial charge in [0.05, 0.1) is 28.8 Å². The molecule has 0 saturated carbocycles. The quantitative estimate of drug-likeness (QED) is 0.448. The van der Waals surface area contributed by atoms with Crippen LogP contribution >= 0.6 is 23.2 Å². The molecule has 0 saturated heterocycles. The molecule has 0 radical (unpaired) electrons. The fourth-order valence-electron chi connectivity index (χ4n) is 3.68. The maximum atomic E-state index is 12.7. The fraction of sp³-hybridized carbons (Fsp3) is 0.455. The molecule has 1 aromatic carbocycles. The molecule has 9 nitrogen and oxygen atoms in total. The van der Waals surface area contributed by atoms with Crippen LogP contribution in [-0.2, 0) is 24.4 Å². The summed E-state index contributed by atoms with van der Waals surface area (Å²) in [5.74, 6) is 0.336. The van der Waals surface area contributed by atoms with Gasteiger partial charge in [0, 0.05) is 13.1 Å². The lowest BCUT2D eigenvalue weighted by atomic mass is 10.3. The molecule has 1 amide bonds. The zero-order chi connectivity index (χ0) is 24.1. The van der Waals surface area contributed by atoms with Crippen molar-refractivity contribution in [1.82, 2.24) is 24.0 Å². The van der Waals surface area contributed by atoms with Crippen molar-refractivity contribution in [2.75, 3.05) is 18.4 Å². The summed E-state index contributed by atoms with van der Waals surface area (Å²) in [6.45, 7) is 7.81. The minimum absolute atomic E-state index is 0.0734. The van der Waals surface area contributed by atoms with Gasteiger partial charge in [0.2, 0.25) is 5.91 Å². The van der Waals surface area contributed by atoms with E-state index < -0.39 is 11.2 Å². The highest BCUT2D eigenvalue weighted by molar-refractivity contribution is 6.39. The van der Waals surface area contributed by atoms with Gasteiger partial charge in [-0.15, -0.1) is 0 Å². The molecular weight excluding hydrogens is 467 g/mol. The van der Waals surface area contributed by atoms with Crippen LogP contribution in [0.25, 0.3) is 11.2 Å². The fourth-order valence-corrected chi connectivity index (χ4v) is 4.17. The summed E-state index contributed by atoms with van der Waals surface area (Å²) in [5, 5.41) is 3.48. The zero-order valence-corrected chi connectivity index (χ0v) is 20.5. The van der Waals surface area contributed by atoms with Crippen molar-refractivity contribution >= 4 is 46.0 Å². The Hall–Kier alpha value is -2.62. The smallest absolute Gasteiger partial charge is 0.322 e. The summed E-state index contributed by atoms with van der Waals surface area (Å²) in [7, 11) is 0. The largest absolute Gasteiger partial charge is 0.330 e. The van der Waals surface area contributed by atoms with E-state index in [1.165, 1.54) is 4.57 Å². The number of aromatic amines is 1. The number of hydrogen-bond acceptors (Lipinski definition) is 5. The number of amides is 1. The molecule has 0 aliphatic heterocycles. The Kier molecular flexibility index (Phi) is 8.34. The van der Waals surface area contributed by atoms with Gasteiger partial charge in [-0.3, -0.25) is 24.0 Å². The van der Waals surface area contributed by atoms with Crippen LogP contribution in [0.5, 0.6) is 0 Å². The molecule has 0 spiro atoms. The van der Waals surface area contributed by atoms with Crippen LogP contribution in [0, 0.1) is 0 Å². The lowest BCUT2D eigenvalue weighted by Gasteiger charge is -2.20. The van der Waals surface area contributed by atoms with Crippen LogP contribution in [0.3, 0.4) is 0 Å². The van der Waals surface area contributed by atoms with Gasteiger partial charge in [0.25, 0.3) is 5.56 Å². The van der Waals surface area contributed by atoms with Gasteiger partial charge in [0.1, 0.15) is 5.82 Å². The van der Waals surface area contributed by atoms with E-state index in [1.807, 2.05) is 25.7 Å². The SMILES string of the molecule is CCCCn1c(=O)[nH]c(=O)c2c1nc(CN(CC)CC(=O)Nc1c(Cl)cccc1Cl)n2CC. The van der Waals surface area contributed by atoms with E-state index >= 15 is 0 Å². The summed E-state index contributed by atoms with van der Waals surface area (Å²) in [6.07, 6.45) is 1.70. The van der Waals surface area contributed by atoms with E-state index in [9.17, 15) is 14.4 Å². The number of rotatable bonds is 10. The highest BCUT2D eigenvalue weighted by atomic mass is 35.5. The lowest BCUT2D eigenvalue weighted by Crippen LogP contribution is -2.33. The number of anilines is 1. The van der Waals surface area contributed by atoms with Gasteiger partial charge in [-0.2, -0.15) is 0 Å². The molecule has 0 unspecified atom stereocenters. The van der Waals surface area contributed by atoms with E-state index in [0.29, 0.717) is 58.9 Å². The van der Waals surface area contributed by atoms with Gasteiger partial charge in [-0.1, -0.05) is 49.5 Å². The highest BCUT2D eigenvalue weighted by Crippen LogP contribution is 2.29. The number of nitrogens with one attached hydrogen (secondary N) is 2. The third-order valence-electron chi connectivity index (χ3n) is 5.42. The lowest BCUT2D eigenvalue weighted by molar-refractivity contribution is -0.117. The number of imidazole rings is 1. The number of halogens is 2. The molecule has 11 heteroatoms. The molecule has 0 bridgehead atoms. The van der Waals surface area contributed by atoms with Crippen LogP contribution in [-0.4, -0.2) is 43.0 Å². The molecule has 3 aromatic rings. The first-order valence-electron chi connectivity index (χ1n) is 11.0. The second kappa shape index (κ2) is 11.0. The van der Waals surface area contributed by atoms with Crippen molar-refractivity contribution in [1.29, 1.82) is 0 Å². The number of para-hydroxylation sites is 1. The van der Waals surface area contributed by atoms with E-state index in [0.717, 1.165) is 12.8 Å². The highest BCUT2D eigenvalue weighted by Gasteiger charge is 2.20. The molecular formula is C22H28Cl2N6O3. The zero-order valence-electron chi connectivity index (χ0n) is 19.0. The van der Waals surface area contributed by atoms with E-state index in [-0.39, 0.29) is 12.5 Å². The Morgan fingerprint density at radius 2 is 1.85 bits per heavy atom. The summed E-state index contributed by atoms with van der Waals surface area (Å²) in [4.78, 5) is 46.6. The number of hydrogen-bond donors (Lipinski definition) is 2. The number of carbonyl (C=O) groups excluding carboxylic acids is 1. The molecule has 2 heterocycles. The molecule has 0 aliphatic rings. The number of carbonyl (C=O) groups is 1. The van der Waals surface area contributed by atoms with Crippen LogP contribution < -0.4 is 16.6 Å². The van der Waals surface area contributed by atoms with Gasteiger partial charge in [-0.25, -0.2) is 9.78 Å². The number of likely N-dealkylation sites (N-methyl/N-ethyl adjacent to an activating group) is 1. The molecule has 2 aromatic heterocycles. The topological polar surface area (TPSA) is 105 Å². The first kappa shape index (κ1) is 25.0. The summed E-state index contributed by atoms with van der Waals surface area (Å²) in [5.41, 5.74) is 0.187. The Bertz CT molecular complexity index is 1240. The Labute approximate surface area is 201 Å². The molecule has 0 aliphatic carbocycles. The second-order valence-corrected chi connectivity index (χ2v) is 8.47. The standard InChI is InChI=1S/C22H28Cl2N6O3/c1-4-7-11-30-20-19(21(32)27-22(30)33)29(6-3)16(25-20)12-28(5-2)13-17(31)26-18-14(23)9-8-10-15(18)24/h8-10H,4-7,11-13H2,1-3H3,(H,26,31)(H,27,32,33). The molecule has 2 N–H and O–H groups in total. The normalized spacial score (nSPS) is 11.5. The molecule has 0 fully saturated rings. The van der Waals surface area contributed by atoms with Crippen molar-refractivity contribution in [3.63, 3.8) is 0 Å². The number of aryl methyl sites for hydroxylation is 2. The average molecular weight is 495 g/mol. The summed E-state index contributed by atoms with van der Waals surface area (Å²) >= 11 is 12.3.